The van der Waals surface area contributed by atoms with Crippen LogP contribution >= 0.6 is 11.8 Å². The summed E-state index contributed by atoms with van der Waals surface area (Å²) in [7, 11) is 0. The maximum Gasteiger partial charge on any atom is 0.235 e. The van der Waals surface area contributed by atoms with Gasteiger partial charge in [-0.1, -0.05) is 5.16 Å². The number of anilines is 1. The molecule has 0 aliphatic carbocycles. The first-order valence-electron chi connectivity index (χ1n) is 5.45. The zero-order valence-electron chi connectivity index (χ0n) is 10.2. The van der Waals surface area contributed by atoms with Crippen molar-refractivity contribution in [2.45, 2.75) is 19.6 Å². The number of amides is 1. The molecule has 0 fully saturated rings. The largest absolute Gasteiger partial charge is 0.361 e. The van der Waals surface area contributed by atoms with Gasteiger partial charge in [-0.2, -0.15) is 5.10 Å². The number of aromatic amines is 1. The van der Waals surface area contributed by atoms with Crippen molar-refractivity contribution in [1.82, 2.24) is 15.4 Å². The van der Waals surface area contributed by atoms with Crippen molar-refractivity contribution in [3.8, 4) is 0 Å². The first-order valence-corrected chi connectivity index (χ1v) is 6.61. The standard InChI is InChI=1S/C11H14N4O2S/c1-7-9(8(2)17-15-7)5-18-6-11(16)13-10-3-4-12-14-10/h3-4H,5-6H2,1-2H3,(H2,12,13,14,16). The third kappa shape index (κ3) is 3.13. The van der Waals surface area contributed by atoms with Crippen LogP contribution in [0, 0.1) is 13.8 Å². The van der Waals surface area contributed by atoms with E-state index < -0.39 is 0 Å². The molecule has 0 aliphatic rings. The Labute approximate surface area is 109 Å². The average Bonchev–Trinajstić information content (AvgIpc) is 2.93. The Bertz CT molecular complexity index is 502. The fourth-order valence-corrected chi connectivity index (χ4v) is 2.44. The van der Waals surface area contributed by atoms with Crippen LogP contribution in [-0.4, -0.2) is 27.0 Å². The lowest BCUT2D eigenvalue weighted by atomic mass is 10.2. The minimum absolute atomic E-state index is 0.0592. The Kier molecular flexibility index (Phi) is 4.03. The SMILES string of the molecule is Cc1noc(C)c1CSCC(=O)Nc1ccn[nH]1. The van der Waals surface area contributed by atoms with Gasteiger partial charge in [0, 0.05) is 17.4 Å². The van der Waals surface area contributed by atoms with E-state index in [1.165, 1.54) is 11.8 Å². The Morgan fingerprint density at radius 2 is 2.39 bits per heavy atom. The molecule has 0 spiro atoms. The highest BCUT2D eigenvalue weighted by molar-refractivity contribution is 7.99. The molecule has 0 saturated heterocycles. The average molecular weight is 266 g/mol. The molecule has 2 aromatic heterocycles. The summed E-state index contributed by atoms with van der Waals surface area (Å²) in [5, 5.41) is 13.0. The van der Waals surface area contributed by atoms with Gasteiger partial charge in [0.25, 0.3) is 0 Å². The predicted molar refractivity (Wildman–Crippen MR) is 69.4 cm³/mol. The van der Waals surface area contributed by atoms with Gasteiger partial charge in [0.2, 0.25) is 5.91 Å². The summed E-state index contributed by atoms with van der Waals surface area (Å²) in [5.41, 5.74) is 1.95. The van der Waals surface area contributed by atoms with Crippen molar-refractivity contribution in [1.29, 1.82) is 0 Å². The summed E-state index contributed by atoms with van der Waals surface area (Å²) in [6.45, 7) is 3.78. The zero-order chi connectivity index (χ0) is 13.0. The lowest BCUT2D eigenvalue weighted by Gasteiger charge is -2.02. The summed E-state index contributed by atoms with van der Waals surface area (Å²) >= 11 is 1.52. The number of rotatable bonds is 5. The lowest BCUT2D eigenvalue weighted by Crippen LogP contribution is -2.14. The third-order valence-corrected chi connectivity index (χ3v) is 3.39. The van der Waals surface area contributed by atoms with Crippen molar-refractivity contribution in [3.63, 3.8) is 0 Å². The normalized spacial score (nSPS) is 10.6. The smallest absolute Gasteiger partial charge is 0.235 e. The first-order chi connectivity index (χ1) is 8.66. The molecule has 6 nitrogen and oxygen atoms in total. The van der Waals surface area contributed by atoms with E-state index in [4.69, 9.17) is 4.52 Å². The molecule has 0 atom stereocenters. The number of carbonyl (C=O) groups is 1. The van der Waals surface area contributed by atoms with Crippen LogP contribution in [0.2, 0.25) is 0 Å². The van der Waals surface area contributed by atoms with Gasteiger partial charge < -0.3 is 9.84 Å². The Morgan fingerprint density at radius 3 is 3.00 bits per heavy atom. The predicted octanol–water partition coefficient (Wildman–Crippen LogP) is 1.89. The number of nitrogens with zero attached hydrogens (tertiary/aromatic N) is 2. The van der Waals surface area contributed by atoms with Crippen LogP contribution in [0.4, 0.5) is 5.82 Å². The minimum atomic E-state index is -0.0592. The Balaban J connectivity index is 1.77. The van der Waals surface area contributed by atoms with Crippen LogP contribution in [0.1, 0.15) is 17.0 Å². The van der Waals surface area contributed by atoms with Crippen molar-refractivity contribution < 1.29 is 9.32 Å². The quantitative estimate of drug-likeness (QED) is 0.863. The highest BCUT2D eigenvalue weighted by Gasteiger charge is 2.10. The molecule has 1 amide bonds. The lowest BCUT2D eigenvalue weighted by molar-refractivity contribution is -0.113. The van der Waals surface area contributed by atoms with Crippen LogP contribution in [0.25, 0.3) is 0 Å². The van der Waals surface area contributed by atoms with Gasteiger partial charge in [0.05, 0.1) is 17.6 Å². The van der Waals surface area contributed by atoms with E-state index in [2.05, 4.69) is 20.7 Å². The first kappa shape index (κ1) is 12.7. The third-order valence-electron chi connectivity index (χ3n) is 2.44. The fraction of sp³-hybridized carbons (Fsp3) is 0.364. The van der Waals surface area contributed by atoms with Gasteiger partial charge in [0.15, 0.2) is 0 Å². The van der Waals surface area contributed by atoms with Crippen molar-refractivity contribution in [2.24, 2.45) is 0 Å². The number of carbonyl (C=O) groups excluding carboxylic acids is 1. The van der Waals surface area contributed by atoms with Gasteiger partial charge >= 0.3 is 0 Å². The van der Waals surface area contributed by atoms with Gasteiger partial charge in [-0.3, -0.25) is 9.89 Å². The molecular formula is C11H14N4O2S. The second-order valence-electron chi connectivity index (χ2n) is 3.81. The van der Waals surface area contributed by atoms with Crippen LogP contribution in [0.15, 0.2) is 16.8 Å². The topological polar surface area (TPSA) is 83.8 Å². The van der Waals surface area contributed by atoms with Gasteiger partial charge in [-0.25, -0.2) is 0 Å². The molecule has 0 unspecified atom stereocenters. The molecular weight excluding hydrogens is 252 g/mol. The summed E-state index contributed by atoms with van der Waals surface area (Å²) in [6, 6.07) is 1.71. The van der Waals surface area contributed by atoms with Crippen molar-refractivity contribution in [3.05, 3.63) is 29.3 Å². The summed E-state index contributed by atoms with van der Waals surface area (Å²) in [5.74, 6) is 2.46. The minimum Gasteiger partial charge on any atom is -0.361 e. The Hall–Kier alpha value is -1.76. The molecule has 7 heteroatoms. The summed E-state index contributed by atoms with van der Waals surface area (Å²) in [6.07, 6.45) is 1.59. The van der Waals surface area contributed by atoms with Crippen LogP contribution in [-0.2, 0) is 10.5 Å². The van der Waals surface area contributed by atoms with Crippen LogP contribution in [0.5, 0.6) is 0 Å². The monoisotopic (exact) mass is 266 g/mol. The van der Waals surface area contributed by atoms with Gasteiger partial charge in [-0.05, 0) is 13.8 Å². The molecule has 2 N–H and O–H groups in total. The van der Waals surface area contributed by atoms with E-state index in [-0.39, 0.29) is 5.91 Å². The van der Waals surface area contributed by atoms with Crippen LogP contribution in [0.3, 0.4) is 0 Å². The maximum absolute atomic E-state index is 11.6. The van der Waals surface area contributed by atoms with Crippen LogP contribution < -0.4 is 5.32 Å². The number of thioether (sulfide) groups is 1. The van der Waals surface area contributed by atoms with E-state index in [0.29, 0.717) is 11.6 Å². The summed E-state index contributed by atoms with van der Waals surface area (Å²) < 4.78 is 5.06. The highest BCUT2D eigenvalue weighted by Crippen LogP contribution is 2.19. The number of hydrogen-bond acceptors (Lipinski definition) is 5. The molecule has 0 aliphatic heterocycles. The molecule has 0 aromatic carbocycles. The molecule has 96 valence electrons. The summed E-state index contributed by atoms with van der Waals surface area (Å²) in [4.78, 5) is 11.6. The zero-order valence-corrected chi connectivity index (χ0v) is 11.0. The number of aromatic nitrogens is 3. The number of hydrogen-bond donors (Lipinski definition) is 2. The van der Waals surface area contributed by atoms with Gasteiger partial charge in [0.1, 0.15) is 11.6 Å². The molecule has 2 aromatic rings. The van der Waals surface area contributed by atoms with Gasteiger partial charge in [-0.15, -0.1) is 11.8 Å². The Morgan fingerprint density at radius 1 is 1.56 bits per heavy atom. The van der Waals surface area contributed by atoms with E-state index >= 15 is 0 Å². The van der Waals surface area contributed by atoms with E-state index in [9.17, 15) is 4.79 Å². The second-order valence-corrected chi connectivity index (χ2v) is 4.80. The molecule has 18 heavy (non-hydrogen) atoms. The molecule has 0 saturated carbocycles. The van der Waals surface area contributed by atoms with E-state index in [1.54, 1.807) is 12.3 Å². The highest BCUT2D eigenvalue weighted by atomic mass is 32.2. The second kappa shape index (κ2) is 5.72. The molecule has 0 radical (unpaired) electrons. The van der Waals surface area contributed by atoms with E-state index in [1.807, 2.05) is 13.8 Å². The number of H-pyrrole nitrogens is 1. The molecule has 2 heterocycles. The molecule has 2 rings (SSSR count). The number of nitrogens with one attached hydrogen (secondary N) is 2. The van der Waals surface area contributed by atoms with E-state index in [0.717, 1.165) is 22.8 Å². The molecule has 0 bridgehead atoms. The maximum atomic E-state index is 11.6. The number of aryl methyl sites for hydroxylation is 2. The van der Waals surface area contributed by atoms with Crippen molar-refractivity contribution in [2.75, 3.05) is 11.1 Å². The fourth-order valence-electron chi connectivity index (χ4n) is 1.47. The van der Waals surface area contributed by atoms with Crippen molar-refractivity contribution >= 4 is 23.5 Å².